The molecule has 0 spiro atoms. The van der Waals surface area contributed by atoms with Crippen LogP contribution in [0.15, 0.2) is 11.6 Å². The molecule has 3 heteroatoms. The van der Waals surface area contributed by atoms with Crippen molar-refractivity contribution in [3.63, 3.8) is 0 Å². The molecule has 4 N–H and O–H groups in total. The minimum absolute atomic E-state index is 0.115. The molecule has 24 heavy (non-hydrogen) atoms. The number of aliphatic hydroxyl groups excluding tert-OH is 2. The zero-order valence-corrected chi connectivity index (χ0v) is 15.5. The standard InChI is InChI=1S/C21H35NO2/c1-12(22)16-6-7-17-15-5-4-13-10-14(23)11-19(24)21(13,3)18(15)8-9-20(16,17)2/h4,12,14-19,23-24H,5-11,22H2,1-3H3. The molecule has 0 bridgehead atoms. The average molecular weight is 334 g/mol. The Morgan fingerprint density at radius 3 is 2.62 bits per heavy atom. The normalized spacial score (nSPS) is 55.2. The number of hydrogen-bond acceptors (Lipinski definition) is 3. The summed E-state index contributed by atoms with van der Waals surface area (Å²) < 4.78 is 0. The molecule has 0 saturated heterocycles. The molecule has 0 radical (unpaired) electrons. The number of nitrogens with two attached hydrogens (primary N) is 1. The molecular formula is C21H35NO2. The number of aliphatic hydroxyl groups is 2. The SMILES string of the molecule is CC(N)C1CCC2C3CC=C4CC(O)CC(O)C4(C)C3CCC12C. The van der Waals surface area contributed by atoms with E-state index in [0.717, 1.165) is 18.8 Å². The summed E-state index contributed by atoms with van der Waals surface area (Å²) in [4.78, 5) is 0. The Hall–Kier alpha value is -0.380. The third-order valence-electron chi connectivity index (χ3n) is 8.89. The maximum Gasteiger partial charge on any atom is 0.0658 e. The second-order valence-electron chi connectivity index (χ2n) is 9.82. The molecule has 3 nitrogen and oxygen atoms in total. The van der Waals surface area contributed by atoms with Gasteiger partial charge in [0.1, 0.15) is 0 Å². The maximum atomic E-state index is 10.9. The van der Waals surface area contributed by atoms with Crippen molar-refractivity contribution in [1.82, 2.24) is 0 Å². The number of rotatable bonds is 1. The van der Waals surface area contributed by atoms with E-state index >= 15 is 0 Å². The van der Waals surface area contributed by atoms with Crippen molar-refractivity contribution in [3.8, 4) is 0 Å². The van der Waals surface area contributed by atoms with Gasteiger partial charge in [-0.25, -0.2) is 0 Å². The Bertz CT molecular complexity index is 544. The number of hydrogen-bond donors (Lipinski definition) is 3. The lowest BCUT2D eigenvalue weighted by atomic mass is 9.46. The lowest BCUT2D eigenvalue weighted by Gasteiger charge is -2.59. The summed E-state index contributed by atoms with van der Waals surface area (Å²) >= 11 is 0. The van der Waals surface area contributed by atoms with Crippen LogP contribution in [-0.4, -0.2) is 28.5 Å². The highest BCUT2D eigenvalue weighted by atomic mass is 16.3. The molecule has 0 heterocycles. The topological polar surface area (TPSA) is 66.5 Å². The summed E-state index contributed by atoms with van der Waals surface area (Å²) in [5.41, 5.74) is 7.95. The fourth-order valence-electron chi connectivity index (χ4n) is 7.61. The molecule has 0 aromatic carbocycles. The molecular weight excluding hydrogens is 298 g/mol. The zero-order valence-electron chi connectivity index (χ0n) is 15.5. The monoisotopic (exact) mass is 333 g/mol. The lowest BCUT2D eigenvalue weighted by molar-refractivity contribution is -0.106. The fourth-order valence-corrected chi connectivity index (χ4v) is 7.61. The van der Waals surface area contributed by atoms with Crippen molar-refractivity contribution in [2.24, 2.45) is 40.2 Å². The van der Waals surface area contributed by atoms with Gasteiger partial charge in [-0.05, 0) is 74.5 Å². The molecule has 136 valence electrons. The van der Waals surface area contributed by atoms with Crippen LogP contribution in [0.3, 0.4) is 0 Å². The second-order valence-corrected chi connectivity index (χ2v) is 9.82. The molecule has 4 aliphatic carbocycles. The molecule has 0 aromatic rings. The first-order valence-electron chi connectivity index (χ1n) is 10.1. The molecule has 0 amide bonds. The molecule has 0 aromatic heterocycles. The van der Waals surface area contributed by atoms with Gasteiger partial charge in [-0.1, -0.05) is 25.5 Å². The molecule has 9 unspecified atom stereocenters. The van der Waals surface area contributed by atoms with Crippen LogP contribution in [0.1, 0.15) is 65.7 Å². The fraction of sp³-hybridized carbons (Fsp3) is 0.905. The van der Waals surface area contributed by atoms with Crippen LogP contribution in [0.5, 0.6) is 0 Å². The van der Waals surface area contributed by atoms with Gasteiger partial charge in [-0.2, -0.15) is 0 Å². The van der Waals surface area contributed by atoms with Crippen LogP contribution in [0, 0.1) is 34.5 Å². The van der Waals surface area contributed by atoms with E-state index < -0.39 is 6.10 Å². The predicted octanol–water partition coefficient (Wildman–Crippen LogP) is 3.24. The van der Waals surface area contributed by atoms with E-state index in [4.69, 9.17) is 5.73 Å². The Kier molecular flexibility index (Phi) is 3.95. The highest BCUT2D eigenvalue weighted by Crippen LogP contribution is 2.66. The molecule has 0 aliphatic heterocycles. The maximum absolute atomic E-state index is 10.9. The van der Waals surface area contributed by atoms with Crippen LogP contribution in [0.2, 0.25) is 0 Å². The van der Waals surface area contributed by atoms with E-state index in [9.17, 15) is 10.2 Å². The number of allylic oxidation sites excluding steroid dienone is 1. The van der Waals surface area contributed by atoms with Gasteiger partial charge < -0.3 is 15.9 Å². The summed E-state index contributed by atoms with van der Waals surface area (Å²) in [6.45, 7) is 6.97. The van der Waals surface area contributed by atoms with Crippen LogP contribution < -0.4 is 5.73 Å². The van der Waals surface area contributed by atoms with Gasteiger partial charge in [0, 0.05) is 17.9 Å². The molecule has 9 atom stereocenters. The van der Waals surface area contributed by atoms with Crippen molar-refractivity contribution >= 4 is 0 Å². The van der Waals surface area contributed by atoms with E-state index in [1.807, 2.05) is 0 Å². The minimum atomic E-state index is -0.393. The van der Waals surface area contributed by atoms with E-state index in [-0.39, 0.29) is 17.6 Å². The first-order valence-corrected chi connectivity index (χ1v) is 10.1. The van der Waals surface area contributed by atoms with E-state index in [0.29, 0.717) is 29.6 Å². The Morgan fingerprint density at radius 2 is 1.92 bits per heavy atom. The quantitative estimate of drug-likeness (QED) is 0.645. The van der Waals surface area contributed by atoms with Crippen molar-refractivity contribution < 1.29 is 10.2 Å². The zero-order chi connectivity index (χ0) is 17.3. The van der Waals surface area contributed by atoms with Gasteiger partial charge >= 0.3 is 0 Å². The van der Waals surface area contributed by atoms with Gasteiger partial charge in [-0.15, -0.1) is 0 Å². The molecule has 3 saturated carbocycles. The van der Waals surface area contributed by atoms with Crippen LogP contribution in [-0.2, 0) is 0 Å². The highest BCUT2D eigenvalue weighted by molar-refractivity contribution is 5.27. The van der Waals surface area contributed by atoms with E-state index in [1.165, 1.54) is 31.3 Å². The molecule has 4 rings (SSSR count). The Balaban J connectivity index is 1.68. The van der Waals surface area contributed by atoms with Crippen LogP contribution in [0.4, 0.5) is 0 Å². The first-order chi connectivity index (χ1) is 11.3. The van der Waals surface area contributed by atoms with Gasteiger partial charge in [0.25, 0.3) is 0 Å². The second kappa shape index (κ2) is 5.56. The largest absolute Gasteiger partial charge is 0.393 e. The van der Waals surface area contributed by atoms with Gasteiger partial charge in [0.2, 0.25) is 0 Å². The Labute approximate surface area is 146 Å². The third kappa shape index (κ3) is 2.13. The third-order valence-corrected chi connectivity index (χ3v) is 8.89. The van der Waals surface area contributed by atoms with Gasteiger partial charge in [-0.3, -0.25) is 0 Å². The van der Waals surface area contributed by atoms with E-state index in [1.54, 1.807) is 0 Å². The predicted molar refractivity (Wildman–Crippen MR) is 96.2 cm³/mol. The smallest absolute Gasteiger partial charge is 0.0658 e. The minimum Gasteiger partial charge on any atom is -0.393 e. The molecule has 3 fully saturated rings. The summed E-state index contributed by atoms with van der Waals surface area (Å²) in [6.07, 6.45) is 9.12. The van der Waals surface area contributed by atoms with E-state index in [2.05, 4.69) is 26.8 Å². The Morgan fingerprint density at radius 1 is 1.17 bits per heavy atom. The van der Waals surface area contributed by atoms with Crippen molar-refractivity contribution in [2.45, 2.75) is 84.0 Å². The summed E-state index contributed by atoms with van der Waals surface area (Å²) in [5, 5.41) is 21.0. The molecule has 4 aliphatic rings. The van der Waals surface area contributed by atoms with Crippen molar-refractivity contribution in [1.29, 1.82) is 0 Å². The average Bonchev–Trinajstić information content (AvgIpc) is 2.86. The first kappa shape index (κ1) is 17.1. The van der Waals surface area contributed by atoms with Gasteiger partial charge in [0.05, 0.1) is 12.2 Å². The van der Waals surface area contributed by atoms with Gasteiger partial charge in [0.15, 0.2) is 0 Å². The summed E-state index contributed by atoms with van der Waals surface area (Å²) in [7, 11) is 0. The highest BCUT2D eigenvalue weighted by Gasteiger charge is 2.60. The summed E-state index contributed by atoms with van der Waals surface area (Å²) in [6, 6.07) is 0.289. The summed E-state index contributed by atoms with van der Waals surface area (Å²) in [5.74, 6) is 2.66. The van der Waals surface area contributed by atoms with Crippen molar-refractivity contribution in [2.75, 3.05) is 0 Å². The lowest BCUT2D eigenvalue weighted by Crippen LogP contribution is -2.56. The number of fused-ring (bicyclic) bond motifs is 5. The van der Waals surface area contributed by atoms with Crippen LogP contribution in [0.25, 0.3) is 0 Å². The van der Waals surface area contributed by atoms with Crippen molar-refractivity contribution in [3.05, 3.63) is 11.6 Å². The van der Waals surface area contributed by atoms with Crippen LogP contribution >= 0.6 is 0 Å².